The van der Waals surface area contributed by atoms with Crippen LogP contribution < -0.4 is 0 Å². The standard InChI is InChI=1S/C8H12N4O4/c1-3-6-9-8(12(14)15)10-11(6)5-7(13)16-4-2/h3-5H2,1-2H3. The van der Waals surface area contributed by atoms with E-state index in [1.54, 1.807) is 13.8 Å². The lowest BCUT2D eigenvalue weighted by Gasteiger charge is -1.99. The van der Waals surface area contributed by atoms with Gasteiger partial charge in [-0.1, -0.05) is 6.92 Å². The molecule has 0 unspecified atom stereocenters. The van der Waals surface area contributed by atoms with Crippen LogP contribution >= 0.6 is 0 Å². The molecule has 16 heavy (non-hydrogen) atoms. The molecular formula is C8H12N4O4. The van der Waals surface area contributed by atoms with Gasteiger partial charge in [0.05, 0.1) is 6.61 Å². The number of nitrogens with zero attached hydrogens (tertiary/aromatic N) is 4. The summed E-state index contributed by atoms with van der Waals surface area (Å²) < 4.78 is 5.91. The first-order valence-electron chi connectivity index (χ1n) is 4.82. The number of ether oxygens (including phenoxy) is 1. The highest BCUT2D eigenvalue weighted by molar-refractivity contribution is 5.69. The molecule has 0 spiro atoms. The fourth-order valence-corrected chi connectivity index (χ4v) is 1.16. The van der Waals surface area contributed by atoms with Gasteiger partial charge in [0.1, 0.15) is 0 Å². The summed E-state index contributed by atoms with van der Waals surface area (Å²) in [6, 6.07) is 0. The van der Waals surface area contributed by atoms with Crippen molar-refractivity contribution in [2.75, 3.05) is 6.61 Å². The Morgan fingerprint density at radius 3 is 2.75 bits per heavy atom. The largest absolute Gasteiger partial charge is 0.491 e. The van der Waals surface area contributed by atoms with Gasteiger partial charge in [0, 0.05) is 11.5 Å². The molecule has 0 N–H and O–H groups in total. The van der Waals surface area contributed by atoms with Crippen LogP contribution in [0.1, 0.15) is 19.7 Å². The Morgan fingerprint density at radius 1 is 1.56 bits per heavy atom. The van der Waals surface area contributed by atoms with Crippen molar-refractivity contribution in [3.8, 4) is 0 Å². The number of nitro groups is 1. The summed E-state index contributed by atoms with van der Waals surface area (Å²) in [5, 5.41) is 14.1. The van der Waals surface area contributed by atoms with E-state index < -0.39 is 16.8 Å². The van der Waals surface area contributed by atoms with Crippen molar-refractivity contribution in [3.05, 3.63) is 15.9 Å². The third-order valence-electron chi connectivity index (χ3n) is 1.80. The molecule has 0 aliphatic carbocycles. The summed E-state index contributed by atoms with van der Waals surface area (Å²) in [5.74, 6) is -0.599. The number of hydrogen-bond donors (Lipinski definition) is 0. The number of hydrogen-bond acceptors (Lipinski definition) is 6. The quantitative estimate of drug-likeness (QED) is 0.408. The van der Waals surface area contributed by atoms with Gasteiger partial charge in [0.15, 0.2) is 6.54 Å². The predicted octanol–water partition coefficient (Wildman–Crippen LogP) is 0.312. The zero-order valence-corrected chi connectivity index (χ0v) is 9.04. The van der Waals surface area contributed by atoms with E-state index in [2.05, 4.69) is 10.1 Å². The highest BCUT2D eigenvalue weighted by Gasteiger charge is 2.21. The third-order valence-corrected chi connectivity index (χ3v) is 1.80. The van der Waals surface area contributed by atoms with E-state index in [4.69, 9.17) is 4.74 Å². The molecule has 0 fully saturated rings. The van der Waals surface area contributed by atoms with E-state index in [1.165, 1.54) is 4.68 Å². The molecule has 0 bridgehead atoms. The van der Waals surface area contributed by atoms with Gasteiger partial charge in [0.2, 0.25) is 5.82 Å². The molecule has 0 aliphatic heterocycles. The van der Waals surface area contributed by atoms with Crippen LogP contribution in [0.5, 0.6) is 0 Å². The van der Waals surface area contributed by atoms with Crippen LogP contribution in [0.2, 0.25) is 0 Å². The van der Waals surface area contributed by atoms with Gasteiger partial charge >= 0.3 is 11.9 Å². The Morgan fingerprint density at radius 2 is 2.25 bits per heavy atom. The molecule has 0 atom stereocenters. The molecule has 8 heteroatoms. The fourth-order valence-electron chi connectivity index (χ4n) is 1.16. The van der Waals surface area contributed by atoms with Gasteiger partial charge in [0.25, 0.3) is 0 Å². The zero-order chi connectivity index (χ0) is 12.1. The van der Waals surface area contributed by atoms with Crippen LogP contribution in [0.25, 0.3) is 0 Å². The normalized spacial score (nSPS) is 10.1. The monoisotopic (exact) mass is 228 g/mol. The maximum Gasteiger partial charge on any atom is 0.491 e. The minimum absolute atomic E-state index is 0.155. The van der Waals surface area contributed by atoms with Gasteiger partial charge in [-0.25, -0.2) is 4.79 Å². The first-order valence-corrected chi connectivity index (χ1v) is 4.82. The second-order valence-electron chi connectivity index (χ2n) is 2.90. The molecule has 0 saturated carbocycles. The summed E-state index contributed by atoms with van der Waals surface area (Å²) in [4.78, 5) is 24.6. The second kappa shape index (κ2) is 5.19. The minimum atomic E-state index is -0.694. The highest BCUT2D eigenvalue weighted by Crippen LogP contribution is 2.06. The topological polar surface area (TPSA) is 100 Å². The van der Waals surface area contributed by atoms with Crippen LogP contribution in [0, 0.1) is 10.1 Å². The van der Waals surface area contributed by atoms with E-state index in [0.29, 0.717) is 12.2 Å². The molecule has 0 amide bonds. The molecule has 0 aromatic carbocycles. The van der Waals surface area contributed by atoms with E-state index in [9.17, 15) is 14.9 Å². The Bertz CT molecular complexity index is 401. The molecule has 0 radical (unpaired) electrons. The molecule has 0 aliphatic rings. The summed E-state index contributed by atoms with van der Waals surface area (Å²) >= 11 is 0. The lowest BCUT2D eigenvalue weighted by Crippen LogP contribution is -2.16. The molecular weight excluding hydrogens is 216 g/mol. The van der Waals surface area contributed by atoms with E-state index in [0.717, 1.165) is 0 Å². The van der Waals surface area contributed by atoms with Gasteiger partial charge < -0.3 is 14.9 Å². The van der Waals surface area contributed by atoms with Gasteiger partial charge in [-0.2, -0.15) is 4.68 Å². The van der Waals surface area contributed by atoms with Crippen molar-refractivity contribution in [3.63, 3.8) is 0 Å². The Hall–Kier alpha value is -1.99. The first-order chi connectivity index (χ1) is 7.58. The van der Waals surface area contributed by atoms with Gasteiger partial charge in [-0.15, -0.1) is 0 Å². The molecule has 0 saturated heterocycles. The van der Waals surface area contributed by atoms with Crippen molar-refractivity contribution < 1.29 is 14.5 Å². The number of carbonyl (C=O) groups is 1. The minimum Gasteiger partial charge on any atom is -0.465 e. The van der Waals surface area contributed by atoms with Gasteiger partial charge in [-0.3, -0.25) is 0 Å². The summed E-state index contributed by atoms with van der Waals surface area (Å²) in [7, 11) is 0. The highest BCUT2D eigenvalue weighted by atomic mass is 16.6. The Labute approximate surface area is 91.4 Å². The van der Waals surface area contributed by atoms with Crippen LogP contribution in [0.3, 0.4) is 0 Å². The molecule has 88 valence electrons. The van der Waals surface area contributed by atoms with Crippen molar-refractivity contribution in [1.29, 1.82) is 0 Å². The smallest absolute Gasteiger partial charge is 0.465 e. The number of rotatable bonds is 5. The van der Waals surface area contributed by atoms with Crippen molar-refractivity contribution in [2.24, 2.45) is 0 Å². The molecule has 1 rings (SSSR count). The Kier molecular flexibility index (Phi) is 3.92. The van der Waals surface area contributed by atoms with Crippen molar-refractivity contribution in [1.82, 2.24) is 14.8 Å². The average Bonchev–Trinajstić information content (AvgIpc) is 2.61. The van der Waals surface area contributed by atoms with Crippen molar-refractivity contribution >= 4 is 11.9 Å². The van der Waals surface area contributed by atoms with Crippen LogP contribution in [-0.4, -0.2) is 32.3 Å². The fraction of sp³-hybridized carbons (Fsp3) is 0.625. The average molecular weight is 228 g/mol. The van der Waals surface area contributed by atoms with Crippen LogP contribution in [0.15, 0.2) is 0 Å². The summed E-state index contributed by atoms with van der Waals surface area (Å²) in [6.07, 6.45) is 0.459. The third kappa shape index (κ3) is 2.75. The number of aryl methyl sites for hydroxylation is 1. The zero-order valence-electron chi connectivity index (χ0n) is 9.04. The number of aromatic nitrogens is 3. The van der Waals surface area contributed by atoms with E-state index in [1.807, 2.05) is 0 Å². The molecule has 1 aromatic heterocycles. The van der Waals surface area contributed by atoms with Gasteiger partial charge in [-0.05, 0) is 16.8 Å². The van der Waals surface area contributed by atoms with Crippen molar-refractivity contribution in [2.45, 2.75) is 26.8 Å². The SMILES string of the molecule is CCOC(=O)Cn1nc([N+](=O)[O-])nc1CC. The summed E-state index contributed by atoms with van der Waals surface area (Å²) in [6.45, 7) is 3.56. The van der Waals surface area contributed by atoms with Crippen LogP contribution in [-0.2, 0) is 22.5 Å². The Balaban J connectivity index is 2.85. The lowest BCUT2D eigenvalue weighted by atomic mass is 10.4. The van der Waals surface area contributed by atoms with Crippen LogP contribution in [0.4, 0.5) is 5.95 Å². The predicted molar refractivity (Wildman–Crippen MR) is 52.7 cm³/mol. The maximum absolute atomic E-state index is 11.2. The second-order valence-corrected chi connectivity index (χ2v) is 2.90. The maximum atomic E-state index is 11.2. The number of esters is 1. The first kappa shape index (κ1) is 12.1. The van der Waals surface area contributed by atoms with E-state index >= 15 is 0 Å². The van der Waals surface area contributed by atoms with E-state index in [-0.39, 0.29) is 13.2 Å². The molecule has 8 nitrogen and oxygen atoms in total. The summed E-state index contributed by atoms with van der Waals surface area (Å²) in [5.41, 5.74) is 0. The molecule has 1 aromatic rings. The lowest BCUT2D eigenvalue weighted by molar-refractivity contribution is -0.394. The number of carbonyl (C=O) groups excluding carboxylic acids is 1. The molecule has 1 heterocycles.